The first-order valence-electron chi connectivity index (χ1n) is 5.53. The van der Waals surface area contributed by atoms with Crippen molar-refractivity contribution in [2.75, 3.05) is 31.6 Å². The monoisotopic (exact) mass is 284 g/mol. The van der Waals surface area contributed by atoms with Gasteiger partial charge in [0.25, 0.3) is 0 Å². The number of hydrogen-bond donors (Lipinski definition) is 1. The van der Waals surface area contributed by atoms with E-state index in [1.54, 1.807) is 7.11 Å². The molecule has 1 heterocycles. The van der Waals surface area contributed by atoms with Crippen molar-refractivity contribution in [1.82, 2.24) is 5.32 Å². The first kappa shape index (κ1) is 11.7. The SMILES string of the molecule is COc1cc(N2CCNC[C@@H]2C)ccc1Br. The number of benzene rings is 1. The van der Waals surface area contributed by atoms with Gasteiger partial charge >= 0.3 is 0 Å². The molecule has 1 atom stereocenters. The number of nitrogens with zero attached hydrogens (tertiary/aromatic N) is 1. The Morgan fingerprint density at radius 3 is 3.00 bits per heavy atom. The second-order valence-electron chi connectivity index (χ2n) is 4.07. The molecule has 16 heavy (non-hydrogen) atoms. The molecule has 1 aromatic carbocycles. The maximum absolute atomic E-state index is 5.32. The largest absolute Gasteiger partial charge is 0.495 e. The van der Waals surface area contributed by atoms with Gasteiger partial charge in [0.1, 0.15) is 5.75 Å². The van der Waals surface area contributed by atoms with Crippen LogP contribution in [0.15, 0.2) is 22.7 Å². The highest BCUT2D eigenvalue weighted by molar-refractivity contribution is 9.10. The van der Waals surface area contributed by atoms with Crippen LogP contribution in [0.4, 0.5) is 5.69 Å². The molecule has 1 N–H and O–H groups in total. The lowest BCUT2D eigenvalue weighted by Crippen LogP contribution is -2.49. The van der Waals surface area contributed by atoms with Crippen molar-refractivity contribution in [2.45, 2.75) is 13.0 Å². The van der Waals surface area contributed by atoms with E-state index in [9.17, 15) is 0 Å². The number of rotatable bonds is 2. The smallest absolute Gasteiger partial charge is 0.135 e. The fraction of sp³-hybridized carbons (Fsp3) is 0.500. The van der Waals surface area contributed by atoms with Crippen molar-refractivity contribution >= 4 is 21.6 Å². The molecule has 1 fully saturated rings. The van der Waals surface area contributed by atoms with Crippen molar-refractivity contribution in [3.8, 4) is 5.75 Å². The summed E-state index contributed by atoms with van der Waals surface area (Å²) >= 11 is 3.47. The molecule has 0 saturated carbocycles. The molecular weight excluding hydrogens is 268 g/mol. The molecule has 0 bridgehead atoms. The molecule has 0 amide bonds. The Bertz CT molecular complexity index is 370. The van der Waals surface area contributed by atoms with E-state index in [1.165, 1.54) is 5.69 Å². The third kappa shape index (κ3) is 2.33. The van der Waals surface area contributed by atoms with Gasteiger partial charge in [0, 0.05) is 37.4 Å². The van der Waals surface area contributed by atoms with E-state index in [0.29, 0.717) is 6.04 Å². The van der Waals surface area contributed by atoms with Crippen LogP contribution in [-0.4, -0.2) is 32.8 Å². The molecule has 0 aromatic heterocycles. The number of piperazine rings is 1. The van der Waals surface area contributed by atoms with Gasteiger partial charge in [-0.3, -0.25) is 0 Å². The second kappa shape index (κ2) is 5.06. The normalized spacial score (nSPS) is 20.9. The predicted molar refractivity (Wildman–Crippen MR) is 70.4 cm³/mol. The minimum atomic E-state index is 0.527. The van der Waals surface area contributed by atoms with Crippen LogP contribution in [0.2, 0.25) is 0 Å². The molecule has 1 aromatic rings. The van der Waals surface area contributed by atoms with Crippen molar-refractivity contribution in [3.05, 3.63) is 22.7 Å². The Balaban J connectivity index is 2.25. The zero-order valence-corrected chi connectivity index (χ0v) is 11.3. The molecule has 0 unspecified atom stereocenters. The minimum Gasteiger partial charge on any atom is -0.495 e. The van der Waals surface area contributed by atoms with Crippen molar-refractivity contribution in [2.24, 2.45) is 0 Å². The first-order chi connectivity index (χ1) is 7.72. The lowest BCUT2D eigenvalue weighted by molar-refractivity contribution is 0.411. The summed E-state index contributed by atoms with van der Waals surface area (Å²) in [5.41, 5.74) is 1.23. The fourth-order valence-electron chi connectivity index (χ4n) is 2.05. The Kier molecular flexibility index (Phi) is 3.71. The first-order valence-corrected chi connectivity index (χ1v) is 6.32. The number of anilines is 1. The van der Waals surface area contributed by atoms with Gasteiger partial charge < -0.3 is 15.0 Å². The molecular formula is C12H17BrN2O. The van der Waals surface area contributed by atoms with Gasteiger partial charge in [-0.15, -0.1) is 0 Å². The molecule has 88 valence electrons. The zero-order chi connectivity index (χ0) is 11.5. The van der Waals surface area contributed by atoms with E-state index in [1.807, 2.05) is 6.07 Å². The Labute approximate surface area is 105 Å². The maximum atomic E-state index is 5.32. The summed E-state index contributed by atoms with van der Waals surface area (Å²) in [6.45, 7) is 5.37. The average molecular weight is 285 g/mol. The lowest BCUT2D eigenvalue weighted by Gasteiger charge is -2.36. The molecule has 2 rings (SSSR count). The summed E-state index contributed by atoms with van der Waals surface area (Å²) in [6, 6.07) is 6.79. The minimum absolute atomic E-state index is 0.527. The number of methoxy groups -OCH3 is 1. The molecule has 0 spiro atoms. The van der Waals surface area contributed by atoms with E-state index < -0.39 is 0 Å². The number of halogens is 1. The van der Waals surface area contributed by atoms with Crippen LogP contribution in [0.1, 0.15) is 6.92 Å². The molecule has 4 heteroatoms. The predicted octanol–water partition coefficient (Wildman–Crippen LogP) is 2.26. The highest BCUT2D eigenvalue weighted by atomic mass is 79.9. The summed E-state index contributed by atoms with van der Waals surface area (Å²) in [4.78, 5) is 2.41. The van der Waals surface area contributed by atoms with Crippen molar-refractivity contribution < 1.29 is 4.74 Å². The van der Waals surface area contributed by atoms with E-state index in [4.69, 9.17) is 4.74 Å². The lowest BCUT2D eigenvalue weighted by atomic mass is 10.2. The van der Waals surface area contributed by atoms with E-state index in [2.05, 4.69) is 45.2 Å². The van der Waals surface area contributed by atoms with E-state index >= 15 is 0 Å². The van der Waals surface area contributed by atoms with Gasteiger partial charge in [-0.05, 0) is 35.0 Å². The van der Waals surface area contributed by atoms with Crippen LogP contribution in [0.25, 0.3) is 0 Å². The standard InChI is InChI=1S/C12H17BrN2O/c1-9-8-14-5-6-15(9)10-3-4-11(13)12(7-10)16-2/h3-4,7,9,14H,5-6,8H2,1-2H3/t9-/m0/s1. The van der Waals surface area contributed by atoms with Crippen LogP contribution < -0.4 is 15.0 Å². The third-order valence-electron chi connectivity index (χ3n) is 2.97. The van der Waals surface area contributed by atoms with E-state index in [0.717, 1.165) is 29.9 Å². The maximum Gasteiger partial charge on any atom is 0.135 e. The number of hydrogen-bond acceptors (Lipinski definition) is 3. The topological polar surface area (TPSA) is 24.5 Å². The molecule has 0 radical (unpaired) electrons. The highest BCUT2D eigenvalue weighted by Gasteiger charge is 2.18. The molecule has 0 aliphatic carbocycles. The second-order valence-corrected chi connectivity index (χ2v) is 4.92. The summed E-state index contributed by atoms with van der Waals surface area (Å²) in [6.07, 6.45) is 0. The number of ether oxygens (including phenoxy) is 1. The fourth-order valence-corrected chi connectivity index (χ4v) is 2.46. The van der Waals surface area contributed by atoms with Gasteiger partial charge in [0.15, 0.2) is 0 Å². The van der Waals surface area contributed by atoms with Gasteiger partial charge in [0.05, 0.1) is 11.6 Å². The van der Waals surface area contributed by atoms with Crippen LogP contribution in [0, 0.1) is 0 Å². The van der Waals surface area contributed by atoms with Crippen LogP contribution in [0.5, 0.6) is 5.75 Å². The summed E-state index contributed by atoms with van der Waals surface area (Å²) in [5, 5.41) is 3.39. The quantitative estimate of drug-likeness (QED) is 0.902. The zero-order valence-electron chi connectivity index (χ0n) is 9.66. The van der Waals surface area contributed by atoms with Crippen molar-refractivity contribution in [3.63, 3.8) is 0 Å². The van der Waals surface area contributed by atoms with Gasteiger partial charge in [-0.1, -0.05) is 0 Å². The molecule has 1 aliphatic rings. The Morgan fingerprint density at radius 1 is 1.50 bits per heavy atom. The average Bonchev–Trinajstić information content (AvgIpc) is 2.31. The Hall–Kier alpha value is -0.740. The van der Waals surface area contributed by atoms with Gasteiger partial charge in [0.2, 0.25) is 0 Å². The number of nitrogens with one attached hydrogen (secondary N) is 1. The van der Waals surface area contributed by atoms with Gasteiger partial charge in [-0.2, -0.15) is 0 Å². The molecule has 1 aliphatic heterocycles. The summed E-state index contributed by atoms with van der Waals surface area (Å²) in [5.74, 6) is 0.892. The molecule has 1 saturated heterocycles. The van der Waals surface area contributed by atoms with Gasteiger partial charge in [-0.25, -0.2) is 0 Å². The molecule has 3 nitrogen and oxygen atoms in total. The highest BCUT2D eigenvalue weighted by Crippen LogP contribution is 2.30. The van der Waals surface area contributed by atoms with Crippen LogP contribution >= 0.6 is 15.9 Å². The van der Waals surface area contributed by atoms with E-state index in [-0.39, 0.29) is 0 Å². The Morgan fingerprint density at radius 2 is 2.31 bits per heavy atom. The van der Waals surface area contributed by atoms with Crippen LogP contribution in [0.3, 0.4) is 0 Å². The summed E-state index contributed by atoms with van der Waals surface area (Å²) in [7, 11) is 1.70. The summed E-state index contributed by atoms with van der Waals surface area (Å²) < 4.78 is 6.32. The van der Waals surface area contributed by atoms with Crippen molar-refractivity contribution in [1.29, 1.82) is 0 Å². The third-order valence-corrected chi connectivity index (χ3v) is 3.62. The van der Waals surface area contributed by atoms with Crippen LogP contribution in [-0.2, 0) is 0 Å².